The van der Waals surface area contributed by atoms with Gasteiger partial charge in [0.2, 0.25) is 0 Å². The zero-order valence-electron chi connectivity index (χ0n) is 9.11. The van der Waals surface area contributed by atoms with Gasteiger partial charge in [-0.25, -0.2) is 0 Å². The number of rotatable bonds is 6. The van der Waals surface area contributed by atoms with Crippen molar-refractivity contribution in [1.82, 2.24) is 0 Å². The quantitative estimate of drug-likeness (QED) is 0.458. The van der Waals surface area contributed by atoms with Gasteiger partial charge >= 0.3 is 5.69 Å². The van der Waals surface area contributed by atoms with Gasteiger partial charge in [0.1, 0.15) is 0 Å². The predicted octanol–water partition coefficient (Wildman–Crippen LogP) is 3.32. The Bertz CT molecular complexity index is 368. The molecule has 0 fully saturated rings. The lowest BCUT2D eigenvalue weighted by Gasteiger charge is -2.07. The number of hydrogen-bond acceptors (Lipinski definition) is 3. The molecule has 0 saturated carbocycles. The fraction of sp³-hybridized carbons (Fsp3) is 0.455. The lowest BCUT2D eigenvalue weighted by atomic mass is 10.1. The number of hydrogen-bond donors (Lipinski definition) is 0. The van der Waals surface area contributed by atoms with Crippen molar-refractivity contribution in [3.63, 3.8) is 0 Å². The summed E-state index contributed by atoms with van der Waals surface area (Å²) in [5.41, 5.74) is 0.834. The number of nitrogens with zero attached hydrogens (tertiary/aromatic N) is 1. The van der Waals surface area contributed by atoms with E-state index in [0.29, 0.717) is 18.8 Å². The SMILES string of the molecule is CCOc1cccc(CCCBr)c1[N+](=O)[O-]. The zero-order valence-corrected chi connectivity index (χ0v) is 10.7. The standard InChI is InChI=1S/C11H14BrNO3/c1-2-16-10-7-3-5-9(6-4-8-12)11(10)13(14)15/h3,5,7H,2,4,6,8H2,1H3. The van der Waals surface area contributed by atoms with Gasteiger partial charge < -0.3 is 4.74 Å². The van der Waals surface area contributed by atoms with Crippen LogP contribution in [-0.2, 0) is 6.42 Å². The number of para-hydroxylation sites is 1. The van der Waals surface area contributed by atoms with Crippen LogP contribution in [-0.4, -0.2) is 16.9 Å². The Kier molecular flexibility index (Phi) is 5.25. The average molecular weight is 288 g/mol. The van der Waals surface area contributed by atoms with Crippen LogP contribution >= 0.6 is 15.9 Å². The normalized spacial score (nSPS) is 10.1. The van der Waals surface area contributed by atoms with Crippen LogP contribution < -0.4 is 4.74 Å². The van der Waals surface area contributed by atoms with Gasteiger partial charge in [0, 0.05) is 10.9 Å². The Morgan fingerprint density at radius 2 is 2.25 bits per heavy atom. The van der Waals surface area contributed by atoms with Gasteiger partial charge in [-0.1, -0.05) is 28.1 Å². The summed E-state index contributed by atoms with van der Waals surface area (Å²) in [6.07, 6.45) is 1.55. The van der Waals surface area contributed by atoms with E-state index in [1.54, 1.807) is 18.2 Å². The molecule has 0 amide bonds. The Morgan fingerprint density at radius 1 is 1.50 bits per heavy atom. The highest BCUT2D eigenvalue weighted by Crippen LogP contribution is 2.31. The van der Waals surface area contributed by atoms with E-state index in [4.69, 9.17) is 4.74 Å². The third-order valence-corrected chi connectivity index (χ3v) is 2.71. The molecule has 0 heterocycles. The molecule has 0 unspecified atom stereocenters. The molecule has 0 N–H and O–H groups in total. The van der Waals surface area contributed by atoms with E-state index < -0.39 is 0 Å². The zero-order chi connectivity index (χ0) is 12.0. The van der Waals surface area contributed by atoms with E-state index in [0.717, 1.165) is 17.3 Å². The molecule has 0 spiro atoms. The van der Waals surface area contributed by atoms with Crippen LogP contribution in [0.1, 0.15) is 18.9 Å². The molecule has 0 aliphatic carbocycles. The molecule has 5 heteroatoms. The highest BCUT2D eigenvalue weighted by molar-refractivity contribution is 9.09. The number of nitro benzene ring substituents is 1. The van der Waals surface area contributed by atoms with Gasteiger partial charge in [0.15, 0.2) is 5.75 Å². The molecule has 0 atom stereocenters. The number of nitro groups is 1. The number of ether oxygens (including phenoxy) is 1. The summed E-state index contributed by atoms with van der Waals surface area (Å²) in [7, 11) is 0. The summed E-state index contributed by atoms with van der Waals surface area (Å²) in [5, 5.41) is 11.8. The maximum absolute atomic E-state index is 11.0. The highest BCUT2D eigenvalue weighted by Gasteiger charge is 2.19. The first kappa shape index (κ1) is 13.0. The van der Waals surface area contributed by atoms with Crippen molar-refractivity contribution in [3.8, 4) is 5.75 Å². The molecule has 1 aromatic carbocycles. The summed E-state index contributed by atoms with van der Waals surface area (Å²) in [5.74, 6) is 0.361. The van der Waals surface area contributed by atoms with Gasteiger partial charge in [-0.05, 0) is 25.8 Å². The monoisotopic (exact) mass is 287 g/mol. The van der Waals surface area contributed by atoms with E-state index in [2.05, 4.69) is 15.9 Å². The number of halogens is 1. The molecule has 0 aliphatic rings. The predicted molar refractivity (Wildman–Crippen MR) is 66.4 cm³/mol. The van der Waals surface area contributed by atoms with E-state index in [1.165, 1.54) is 0 Å². The molecule has 1 rings (SSSR count). The minimum atomic E-state index is -0.367. The van der Waals surface area contributed by atoms with E-state index in [1.807, 2.05) is 6.92 Å². The van der Waals surface area contributed by atoms with E-state index in [9.17, 15) is 10.1 Å². The van der Waals surface area contributed by atoms with Crippen molar-refractivity contribution in [2.45, 2.75) is 19.8 Å². The molecule has 0 radical (unpaired) electrons. The maximum atomic E-state index is 11.0. The number of alkyl halides is 1. The summed E-state index contributed by atoms with van der Waals surface area (Å²) in [6, 6.07) is 5.21. The molecule has 1 aromatic rings. The second-order valence-corrected chi connectivity index (χ2v) is 4.04. The molecule has 4 nitrogen and oxygen atoms in total. The summed E-state index contributed by atoms with van der Waals surface area (Å²) < 4.78 is 5.27. The van der Waals surface area contributed by atoms with Crippen LogP contribution in [0.2, 0.25) is 0 Å². The first-order chi connectivity index (χ1) is 7.70. The van der Waals surface area contributed by atoms with Crippen LogP contribution in [0.3, 0.4) is 0 Å². The molecule has 88 valence electrons. The summed E-state index contributed by atoms with van der Waals surface area (Å²) in [6.45, 7) is 2.25. The number of benzene rings is 1. The molecular weight excluding hydrogens is 274 g/mol. The van der Waals surface area contributed by atoms with Crippen molar-refractivity contribution >= 4 is 21.6 Å². The minimum absolute atomic E-state index is 0.102. The fourth-order valence-electron chi connectivity index (χ4n) is 1.51. The lowest BCUT2D eigenvalue weighted by Crippen LogP contribution is -2.01. The Hall–Kier alpha value is -1.10. The molecule has 0 saturated heterocycles. The average Bonchev–Trinajstić information content (AvgIpc) is 2.26. The van der Waals surface area contributed by atoms with Crippen molar-refractivity contribution in [1.29, 1.82) is 0 Å². The first-order valence-corrected chi connectivity index (χ1v) is 6.27. The van der Waals surface area contributed by atoms with Gasteiger partial charge in [0.05, 0.1) is 11.5 Å². The van der Waals surface area contributed by atoms with Gasteiger partial charge in [-0.2, -0.15) is 0 Å². The largest absolute Gasteiger partial charge is 0.487 e. The Labute approximate surface area is 103 Å². The van der Waals surface area contributed by atoms with Gasteiger partial charge in [-0.15, -0.1) is 0 Å². The maximum Gasteiger partial charge on any atom is 0.314 e. The van der Waals surface area contributed by atoms with Crippen LogP contribution in [0.15, 0.2) is 18.2 Å². The van der Waals surface area contributed by atoms with Gasteiger partial charge in [-0.3, -0.25) is 10.1 Å². The molecule has 0 aromatic heterocycles. The third-order valence-electron chi connectivity index (χ3n) is 2.14. The molecule has 0 aliphatic heterocycles. The van der Waals surface area contributed by atoms with Crippen LogP contribution in [0.5, 0.6) is 5.75 Å². The van der Waals surface area contributed by atoms with Crippen molar-refractivity contribution in [2.75, 3.05) is 11.9 Å². The van der Waals surface area contributed by atoms with E-state index in [-0.39, 0.29) is 10.6 Å². The molecule has 0 bridgehead atoms. The number of aryl methyl sites for hydroxylation is 1. The van der Waals surface area contributed by atoms with Crippen LogP contribution in [0.4, 0.5) is 5.69 Å². The molecular formula is C11H14BrNO3. The van der Waals surface area contributed by atoms with Gasteiger partial charge in [0.25, 0.3) is 0 Å². The summed E-state index contributed by atoms with van der Waals surface area (Å²) in [4.78, 5) is 10.6. The van der Waals surface area contributed by atoms with Crippen LogP contribution in [0.25, 0.3) is 0 Å². The van der Waals surface area contributed by atoms with Crippen molar-refractivity contribution < 1.29 is 9.66 Å². The van der Waals surface area contributed by atoms with Crippen LogP contribution in [0, 0.1) is 10.1 Å². The third kappa shape index (κ3) is 3.20. The van der Waals surface area contributed by atoms with Crippen molar-refractivity contribution in [3.05, 3.63) is 33.9 Å². The first-order valence-electron chi connectivity index (χ1n) is 5.15. The highest BCUT2D eigenvalue weighted by atomic mass is 79.9. The fourth-order valence-corrected chi connectivity index (χ4v) is 1.79. The second kappa shape index (κ2) is 6.48. The Morgan fingerprint density at radius 3 is 2.81 bits per heavy atom. The van der Waals surface area contributed by atoms with E-state index >= 15 is 0 Å². The van der Waals surface area contributed by atoms with Crippen molar-refractivity contribution in [2.24, 2.45) is 0 Å². The summed E-state index contributed by atoms with van der Waals surface area (Å²) >= 11 is 3.32. The Balaban J connectivity index is 3.05. The lowest BCUT2D eigenvalue weighted by molar-refractivity contribution is -0.386. The molecule has 16 heavy (non-hydrogen) atoms. The smallest absolute Gasteiger partial charge is 0.314 e. The topological polar surface area (TPSA) is 52.4 Å². The minimum Gasteiger partial charge on any atom is -0.487 e. The second-order valence-electron chi connectivity index (χ2n) is 3.25.